The predicted molar refractivity (Wildman–Crippen MR) is 83.1 cm³/mol. The van der Waals surface area contributed by atoms with Crippen LogP contribution in [-0.4, -0.2) is 49.8 Å². The first-order valence-corrected chi connectivity index (χ1v) is 8.02. The lowest BCUT2D eigenvalue weighted by Crippen LogP contribution is -2.41. The monoisotopic (exact) mass is 313 g/mol. The maximum atomic E-state index is 12.1. The fourth-order valence-electron chi connectivity index (χ4n) is 2.88. The number of nitrogens with zero attached hydrogens (tertiary/aromatic N) is 6. The van der Waals surface area contributed by atoms with Crippen LogP contribution in [0.15, 0.2) is 25.0 Å². The molecule has 3 heterocycles. The lowest BCUT2D eigenvalue weighted by Gasteiger charge is -2.32. The van der Waals surface area contributed by atoms with Crippen LogP contribution in [0.25, 0.3) is 5.82 Å². The second-order valence-electron chi connectivity index (χ2n) is 6.12. The quantitative estimate of drug-likeness (QED) is 0.887. The van der Waals surface area contributed by atoms with Crippen molar-refractivity contribution in [2.24, 2.45) is 5.92 Å². The van der Waals surface area contributed by atoms with E-state index in [1.54, 1.807) is 11.0 Å². The summed E-state index contributed by atoms with van der Waals surface area (Å²) in [5.41, 5.74) is 0. The molecule has 120 valence electrons. The second-order valence-corrected chi connectivity index (χ2v) is 6.12. The maximum Gasteiger partial charge on any atom is 0.223 e. The van der Waals surface area contributed by atoms with Gasteiger partial charge in [-0.15, -0.1) is 0 Å². The fourth-order valence-corrected chi connectivity index (χ4v) is 2.88. The van der Waals surface area contributed by atoms with Gasteiger partial charge in [0.2, 0.25) is 5.91 Å². The van der Waals surface area contributed by atoms with E-state index < -0.39 is 0 Å². The summed E-state index contributed by atoms with van der Waals surface area (Å²) in [6.07, 6.45) is 8.63. The molecule has 1 aliphatic carbocycles. The van der Waals surface area contributed by atoms with Gasteiger partial charge in [0.05, 0.1) is 0 Å². The molecule has 0 atom stereocenters. The number of hydrogen-bond acceptors (Lipinski definition) is 6. The van der Waals surface area contributed by atoms with Gasteiger partial charge in [-0.1, -0.05) is 0 Å². The zero-order valence-corrected chi connectivity index (χ0v) is 12.8. The molecule has 0 bridgehead atoms. The van der Waals surface area contributed by atoms with Gasteiger partial charge >= 0.3 is 0 Å². The van der Waals surface area contributed by atoms with Gasteiger partial charge in [-0.05, 0) is 25.7 Å². The van der Waals surface area contributed by atoms with Crippen LogP contribution in [0.3, 0.4) is 0 Å². The summed E-state index contributed by atoms with van der Waals surface area (Å²) in [6.45, 7) is 1.66. The standard InChI is InChI=1S/C15H19N7O/c23-15(20-12-1-2-12)11-3-5-21(6-4-11)13-7-14(18-9-17-13)22-10-16-8-19-22/h7-12H,1-6H2,(H,20,23). The Balaban J connectivity index is 1.40. The van der Waals surface area contributed by atoms with Crippen molar-refractivity contribution in [3.63, 3.8) is 0 Å². The molecule has 0 aromatic carbocycles. The normalized spacial score (nSPS) is 18.9. The molecule has 8 nitrogen and oxygen atoms in total. The second kappa shape index (κ2) is 5.94. The lowest BCUT2D eigenvalue weighted by molar-refractivity contribution is -0.125. The highest BCUT2D eigenvalue weighted by molar-refractivity contribution is 5.79. The summed E-state index contributed by atoms with van der Waals surface area (Å²) in [5, 5.41) is 7.19. The molecule has 4 rings (SSSR count). The van der Waals surface area contributed by atoms with Gasteiger partial charge in [0.25, 0.3) is 0 Å². The van der Waals surface area contributed by atoms with Crippen molar-refractivity contribution in [3.8, 4) is 5.82 Å². The van der Waals surface area contributed by atoms with Crippen molar-refractivity contribution in [1.29, 1.82) is 0 Å². The Labute approximate surface area is 133 Å². The summed E-state index contributed by atoms with van der Waals surface area (Å²) in [4.78, 5) is 26.8. The van der Waals surface area contributed by atoms with E-state index in [4.69, 9.17) is 0 Å². The molecule has 23 heavy (non-hydrogen) atoms. The van der Waals surface area contributed by atoms with Crippen molar-refractivity contribution in [3.05, 3.63) is 25.0 Å². The van der Waals surface area contributed by atoms with Gasteiger partial charge in [0, 0.05) is 31.1 Å². The van der Waals surface area contributed by atoms with Gasteiger partial charge < -0.3 is 10.2 Å². The van der Waals surface area contributed by atoms with Crippen molar-refractivity contribution in [2.75, 3.05) is 18.0 Å². The minimum Gasteiger partial charge on any atom is -0.356 e. The van der Waals surface area contributed by atoms with Gasteiger partial charge in [-0.25, -0.2) is 19.6 Å². The van der Waals surface area contributed by atoms with Crippen LogP contribution in [0.1, 0.15) is 25.7 Å². The van der Waals surface area contributed by atoms with Crippen LogP contribution in [0.2, 0.25) is 0 Å². The van der Waals surface area contributed by atoms with Crippen molar-refractivity contribution in [2.45, 2.75) is 31.7 Å². The Morgan fingerprint density at radius 3 is 2.57 bits per heavy atom. The molecule has 2 aromatic heterocycles. The molecule has 2 aliphatic rings. The highest BCUT2D eigenvalue weighted by Gasteiger charge is 2.30. The first-order valence-electron chi connectivity index (χ1n) is 8.02. The zero-order valence-electron chi connectivity index (χ0n) is 12.8. The molecular formula is C15H19N7O. The summed E-state index contributed by atoms with van der Waals surface area (Å²) in [7, 11) is 0. The molecule has 8 heteroatoms. The summed E-state index contributed by atoms with van der Waals surface area (Å²) in [5.74, 6) is 1.91. The number of carbonyl (C=O) groups is 1. The third-order valence-electron chi connectivity index (χ3n) is 4.41. The minimum absolute atomic E-state index is 0.128. The predicted octanol–water partition coefficient (Wildman–Crippen LogP) is 0.552. The molecule has 1 aliphatic heterocycles. The molecule has 0 unspecified atom stereocenters. The van der Waals surface area contributed by atoms with Gasteiger partial charge in [0.15, 0.2) is 5.82 Å². The molecular weight excluding hydrogens is 294 g/mol. The number of piperidine rings is 1. The first-order chi connectivity index (χ1) is 11.3. The zero-order chi connectivity index (χ0) is 15.6. The van der Waals surface area contributed by atoms with Crippen molar-refractivity contribution >= 4 is 11.7 Å². The van der Waals surface area contributed by atoms with E-state index in [0.717, 1.165) is 44.6 Å². The highest BCUT2D eigenvalue weighted by atomic mass is 16.2. The minimum atomic E-state index is 0.128. The van der Waals surface area contributed by atoms with E-state index in [2.05, 4.69) is 30.3 Å². The third kappa shape index (κ3) is 3.15. The van der Waals surface area contributed by atoms with Crippen LogP contribution in [0, 0.1) is 5.92 Å². The number of anilines is 1. The van der Waals surface area contributed by atoms with E-state index >= 15 is 0 Å². The van der Waals surface area contributed by atoms with E-state index in [-0.39, 0.29) is 11.8 Å². The number of aromatic nitrogens is 5. The number of amides is 1. The Morgan fingerprint density at radius 1 is 1.09 bits per heavy atom. The lowest BCUT2D eigenvalue weighted by atomic mass is 9.96. The Bertz CT molecular complexity index is 675. The molecule has 1 saturated carbocycles. The largest absolute Gasteiger partial charge is 0.356 e. The number of nitrogens with one attached hydrogen (secondary N) is 1. The van der Waals surface area contributed by atoms with E-state index in [1.807, 2.05) is 6.07 Å². The van der Waals surface area contributed by atoms with E-state index in [9.17, 15) is 4.79 Å². The summed E-state index contributed by atoms with van der Waals surface area (Å²) >= 11 is 0. The van der Waals surface area contributed by atoms with E-state index in [1.165, 1.54) is 12.7 Å². The molecule has 1 amide bonds. The van der Waals surface area contributed by atoms with Crippen LogP contribution in [0.4, 0.5) is 5.82 Å². The summed E-state index contributed by atoms with van der Waals surface area (Å²) < 4.78 is 1.61. The van der Waals surface area contributed by atoms with Crippen LogP contribution in [0.5, 0.6) is 0 Å². The Kier molecular flexibility index (Phi) is 3.64. The average molecular weight is 313 g/mol. The third-order valence-corrected chi connectivity index (χ3v) is 4.41. The fraction of sp³-hybridized carbons (Fsp3) is 0.533. The highest BCUT2D eigenvalue weighted by Crippen LogP contribution is 2.25. The Morgan fingerprint density at radius 2 is 1.87 bits per heavy atom. The Hall–Kier alpha value is -2.51. The number of rotatable bonds is 4. The molecule has 0 spiro atoms. The molecule has 0 radical (unpaired) electrons. The van der Waals surface area contributed by atoms with Crippen molar-refractivity contribution < 1.29 is 4.79 Å². The molecule has 1 N–H and O–H groups in total. The van der Waals surface area contributed by atoms with Gasteiger partial charge in [-0.3, -0.25) is 4.79 Å². The number of carbonyl (C=O) groups excluding carboxylic acids is 1. The molecule has 1 saturated heterocycles. The maximum absolute atomic E-state index is 12.1. The number of hydrogen-bond donors (Lipinski definition) is 1. The van der Waals surface area contributed by atoms with Gasteiger partial charge in [0.1, 0.15) is 24.8 Å². The average Bonchev–Trinajstić information content (AvgIpc) is 3.24. The first kappa shape index (κ1) is 14.1. The van der Waals surface area contributed by atoms with Crippen molar-refractivity contribution in [1.82, 2.24) is 30.0 Å². The molecule has 2 fully saturated rings. The molecule has 2 aromatic rings. The van der Waals surface area contributed by atoms with E-state index in [0.29, 0.717) is 11.9 Å². The summed E-state index contributed by atoms with van der Waals surface area (Å²) in [6, 6.07) is 2.34. The van der Waals surface area contributed by atoms with Gasteiger partial charge in [-0.2, -0.15) is 5.10 Å². The smallest absolute Gasteiger partial charge is 0.223 e. The van der Waals surface area contributed by atoms with Crippen LogP contribution in [-0.2, 0) is 4.79 Å². The topological polar surface area (TPSA) is 88.8 Å². The van der Waals surface area contributed by atoms with Crippen LogP contribution >= 0.6 is 0 Å². The SMILES string of the molecule is O=C(NC1CC1)C1CCN(c2cc(-n3cncn3)ncn2)CC1. The van der Waals surface area contributed by atoms with Crippen LogP contribution < -0.4 is 10.2 Å².